The first-order valence-electron chi connectivity index (χ1n) is 11.6. The van der Waals surface area contributed by atoms with Crippen molar-refractivity contribution in [3.05, 3.63) is 71.4 Å². The molecule has 1 aliphatic rings. The van der Waals surface area contributed by atoms with Crippen molar-refractivity contribution in [2.45, 2.75) is 51.6 Å². The van der Waals surface area contributed by atoms with Gasteiger partial charge in [0.2, 0.25) is 0 Å². The van der Waals surface area contributed by atoms with E-state index in [1.54, 1.807) is 0 Å². The number of carboxylic acid groups (broad SMARTS) is 1. The fraction of sp³-hybridized carbons (Fsp3) is 0.346. The molecule has 0 fully saturated rings. The molecule has 196 valence electrons. The van der Waals surface area contributed by atoms with E-state index in [1.165, 1.54) is 16.8 Å². The number of aromatic nitrogens is 2. The smallest absolute Gasteiger partial charge is 0.416 e. The summed E-state index contributed by atoms with van der Waals surface area (Å²) in [5.74, 6) is 0.243. The Hall–Kier alpha value is -4.02. The minimum Gasteiger partial charge on any atom is -0.465 e. The second kappa shape index (κ2) is 9.79. The molecule has 0 radical (unpaired) electrons. The quantitative estimate of drug-likeness (QED) is 0.467. The monoisotopic (exact) mass is 516 g/mol. The number of nitrogens with one attached hydrogen (secondary N) is 1. The second-order valence-corrected chi connectivity index (χ2v) is 9.85. The van der Waals surface area contributed by atoms with Crippen LogP contribution < -0.4 is 10.2 Å². The number of anilines is 1. The van der Waals surface area contributed by atoms with Crippen molar-refractivity contribution in [3.63, 3.8) is 0 Å². The Morgan fingerprint density at radius 2 is 1.70 bits per heavy atom. The van der Waals surface area contributed by atoms with Crippen molar-refractivity contribution in [2.75, 3.05) is 11.4 Å². The van der Waals surface area contributed by atoms with E-state index in [0.717, 1.165) is 22.6 Å². The van der Waals surface area contributed by atoms with Crippen LogP contribution in [0, 0.1) is 0 Å². The van der Waals surface area contributed by atoms with Gasteiger partial charge in [-0.25, -0.2) is 14.3 Å². The maximum Gasteiger partial charge on any atom is 0.416 e. The summed E-state index contributed by atoms with van der Waals surface area (Å²) in [7, 11) is 0. The van der Waals surface area contributed by atoms with Crippen LogP contribution in [0.1, 0.15) is 37.6 Å². The molecule has 8 nitrogen and oxygen atoms in total. The van der Waals surface area contributed by atoms with Crippen LogP contribution >= 0.6 is 0 Å². The summed E-state index contributed by atoms with van der Waals surface area (Å²) in [5.41, 5.74) is 0.833. The Morgan fingerprint density at radius 3 is 2.27 bits per heavy atom. The van der Waals surface area contributed by atoms with Crippen LogP contribution in [0.5, 0.6) is 0 Å². The lowest BCUT2D eigenvalue weighted by Crippen LogP contribution is -2.52. The molecule has 4 rings (SSSR count). The third-order valence-corrected chi connectivity index (χ3v) is 5.95. The number of hydrogen-bond acceptors (Lipinski definition) is 4. The fourth-order valence-electron chi connectivity index (χ4n) is 4.24. The highest BCUT2D eigenvalue weighted by molar-refractivity contribution is 5.93. The number of nitrogens with zero attached hydrogens (tertiary/aromatic N) is 3. The molecule has 2 aromatic carbocycles. The molecule has 1 unspecified atom stereocenters. The van der Waals surface area contributed by atoms with Crippen LogP contribution in [0.2, 0.25) is 0 Å². The average Bonchev–Trinajstić information content (AvgIpc) is 3.22. The summed E-state index contributed by atoms with van der Waals surface area (Å²) >= 11 is 0. The number of hydrogen-bond donors (Lipinski definition) is 2. The summed E-state index contributed by atoms with van der Waals surface area (Å²) in [6.07, 6.45) is -6.47. The van der Waals surface area contributed by atoms with Crippen molar-refractivity contribution in [3.8, 4) is 11.1 Å². The minimum absolute atomic E-state index is 0.0568. The van der Waals surface area contributed by atoms with E-state index in [9.17, 15) is 27.9 Å². The van der Waals surface area contributed by atoms with E-state index in [4.69, 9.17) is 4.74 Å². The maximum absolute atomic E-state index is 13.1. The number of amides is 2. The Morgan fingerprint density at radius 1 is 1.05 bits per heavy atom. The molecule has 0 spiro atoms. The molecule has 2 N–H and O–H groups in total. The lowest BCUT2D eigenvalue weighted by atomic mass is 9.86. The molecular formula is C26H27F3N4O4. The molecule has 1 atom stereocenters. The molecule has 3 aromatic rings. The van der Waals surface area contributed by atoms with E-state index in [2.05, 4.69) is 10.4 Å². The first-order valence-corrected chi connectivity index (χ1v) is 11.6. The zero-order valence-corrected chi connectivity index (χ0v) is 20.5. The van der Waals surface area contributed by atoms with Gasteiger partial charge in [-0.1, -0.05) is 63.2 Å². The molecule has 2 heterocycles. The number of halogens is 3. The molecule has 0 aliphatic carbocycles. The largest absolute Gasteiger partial charge is 0.465 e. The number of carbonyl (C=O) groups excluding carboxylic acids is 1. The van der Waals surface area contributed by atoms with Gasteiger partial charge < -0.3 is 15.2 Å². The SMILES string of the molecule is CC(C)(C)c1nn2c(c1-c1ccc(C(F)(F)F)cc1)N(C(=O)O)CC(NC(=O)OCc1ccccc1)C2. The van der Waals surface area contributed by atoms with Gasteiger partial charge in [0.1, 0.15) is 12.4 Å². The zero-order valence-electron chi connectivity index (χ0n) is 20.5. The predicted octanol–water partition coefficient (Wildman–Crippen LogP) is 5.66. The number of benzene rings is 2. The molecule has 11 heteroatoms. The molecule has 1 aromatic heterocycles. The zero-order chi connectivity index (χ0) is 27.0. The number of fused-ring (bicyclic) bond motifs is 1. The lowest BCUT2D eigenvalue weighted by Gasteiger charge is -2.32. The van der Waals surface area contributed by atoms with Crippen molar-refractivity contribution in [1.82, 2.24) is 15.1 Å². The standard InChI is InChI=1S/C26H27F3N4O4/c1-25(2,3)21-20(17-9-11-18(12-10-17)26(27,28)29)22-32(24(35)36)13-19(14-33(22)31-21)30-23(34)37-15-16-7-5-4-6-8-16/h4-12,19H,13-15H2,1-3H3,(H,30,34)(H,35,36). The number of carbonyl (C=O) groups is 2. The van der Waals surface area contributed by atoms with Gasteiger partial charge in [0.25, 0.3) is 0 Å². The van der Waals surface area contributed by atoms with E-state index in [0.29, 0.717) is 16.8 Å². The van der Waals surface area contributed by atoms with Gasteiger partial charge in [0, 0.05) is 11.0 Å². The Kier molecular flexibility index (Phi) is 6.90. The van der Waals surface area contributed by atoms with Crippen molar-refractivity contribution < 1.29 is 32.6 Å². The molecule has 0 saturated heterocycles. The van der Waals surface area contributed by atoms with Crippen LogP contribution in [0.3, 0.4) is 0 Å². The van der Waals surface area contributed by atoms with Crippen LogP contribution in [0.25, 0.3) is 11.1 Å². The van der Waals surface area contributed by atoms with E-state index in [1.807, 2.05) is 51.1 Å². The Balaban J connectivity index is 1.65. The molecule has 2 amide bonds. The van der Waals surface area contributed by atoms with Gasteiger partial charge in [0.15, 0.2) is 0 Å². The predicted molar refractivity (Wildman–Crippen MR) is 130 cm³/mol. The maximum atomic E-state index is 13.1. The van der Waals surface area contributed by atoms with Gasteiger partial charge in [-0.3, -0.25) is 4.90 Å². The highest BCUT2D eigenvalue weighted by Gasteiger charge is 2.38. The number of rotatable bonds is 4. The van der Waals surface area contributed by atoms with Gasteiger partial charge in [-0.15, -0.1) is 0 Å². The topological polar surface area (TPSA) is 96.7 Å². The van der Waals surface area contributed by atoms with Gasteiger partial charge >= 0.3 is 18.4 Å². The normalized spacial score (nSPS) is 15.7. The van der Waals surface area contributed by atoms with Gasteiger partial charge in [-0.05, 0) is 23.3 Å². The molecule has 0 saturated carbocycles. The summed E-state index contributed by atoms with van der Waals surface area (Å²) < 4.78 is 46.1. The van der Waals surface area contributed by atoms with Gasteiger partial charge in [0.05, 0.1) is 30.4 Å². The van der Waals surface area contributed by atoms with Crippen LogP contribution in [-0.4, -0.2) is 39.7 Å². The minimum atomic E-state index is -4.50. The Labute approximate surface area is 211 Å². The van der Waals surface area contributed by atoms with E-state index >= 15 is 0 Å². The van der Waals surface area contributed by atoms with Crippen LogP contribution in [0.15, 0.2) is 54.6 Å². The molecule has 0 bridgehead atoms. The Bertz CT molecular complexity index is 1280. The van der Waals surface area contributed by atoms with Crippen molar-refractivity contribution in [2.24, 2.45) is 0 Å². The molecule has 37 heavy (non-hydrogen) atoms. The third kappa shape index (κ3) is 5.71. The number of alkyl halides is 3. The molecule has 1 aliphatic heterocycles. The van der Waals surface area contributed by atoms with Crippen molar-refractivity contribution >= 4 is 18.0 Å². The van der Waals surface area contributed by atoms with E-state index < -0.39 is 35.4 Å². The van der Waals surface area contributed by atoms with Crippen molar-refractivity contribution in [1.29, 1.82) is 0 Å². The lowest BCUT2D eigenvalue weighted by molar-refractivity contribution is -0.137. The highest BCUT2D eigenvalue weighted by Crippen LogP contribution is 2.42. The van der Waals surface area contributed by atoms with E-state index in [-0.39, 0.29) is 25.5 Å². The van der Waals surface area contributed by atoms with Crippen LogP contribution in [0.4, 0.5) is 28.6 Å². The first kappa shape index (κ1) is 26.1. The summed E-state index contributed by atoms with van der Waals surface area (Å²) in [4.78, 5) is 25.8. The van der Waals surface area contributed by atoms with Gasteiger partial charge in [-0.2, -0.15) is 18.3 Å². The second-order valence-electron chi connectivity index (χ2n) is 9.85. The summed E-state index contributed by atoms with van der Waals surface area (Å²) in [6.45, 7) is 5.79. The first-order chi connectivity index (χ1) is 17.3. The number of alkyl carbamates (subject to hydrolysis) is 1. The number of ether oxygens (including phenoxy) is 1. The average molecular weight is 517 g/mol. The summed E-state index contributed by atoms with van der Waals surface area (Å²) in [6, 6.07) is 13.0. The highest BCUT2D eigenvalue weighted by atomic mass is 19.4. The molecular weight excluding hydrogens is 489 g/mol. The fourth-order valence-corrected chi connectivity index (χ4v) is 4.24. The van der Waals surface area contributed by atoms with Crippen LogP contribution in [-0.2, 0) is 29.5 Å². The third-order valence-electron chi connectivity index (χ3n) is 5.95. The summed E-state index contributed by atoms with van der Waals surface area (Å²) in [5, 5.41) is 17.4.